The van der Waals surface area contributed by atoms with E-state index in [9.17, 15) is 37.2 Å². The van der Waals surface area contributed by atoms with Crippen LogP contribution in [0, 0.1) is 5.92 Å². The fraction of sp³-hybridized carbons (Fsp3) is 0.394. The molecule has 1 fully saturated rings. The van der Waals surface area contributed by atoms with Crippen LogP contribution in [0.4, 0.5) is 23.7 Å². The number of carbonyl (C=O) groups excluding carboxylic acids is 2. The van der Waals surface area contributed by atoms with Gasteiger partial charge in [-0.15, -0.1) is 13.2 Å². The molecule has 47 heavy (non-hydrogen) atoms. The summed E-state index contributed by atoms with van der Waals surface area (Å²) in [6.07, 6.45) is -7.40. The van der Waals surface area contributed by atoms with Crippen molar-refractivity contribution in [3.8, 4) is 5.75 Å². The zero-order valence-corrected chi connectivity index (χ0v) is 26.7. The van der Waals surface area contributed by atoms with Gasteiger partial charge in [0, 0.05) is 19.2 Å². The Bertz CT molecular complexity index is 1510. The standard InChI is InChI=1S/C33H38F3N3O7S/c1-3-22(2)18-38(47(44)27-14-12-24(21-40)13-15-27)19-29(41)28(16-23-8-5-4-6-9-23)37-31(42)30-20-39(32(43)45-30)25-10-7-11-26(17-25)46-33(34,35)36/h4-15,17,22,28-30,40-41H,3,16,18-21H2,1-2H3,(H,37,42). The van der Waals surface area contributed by atoms with Crippen molar-refractivity contribution >= 4 is 28.7 Å². The molecular formula is C33H38F3N3O7S. The summed E-state index contributed by atoms with van der Waals surface area (Å²) in [5.41, 5.74) is 1.51. The Labute approximate surface area is 273 Å². The van der Waals surface area contributed by atoms with Crippen molar-refractivity contribution in [2.45, 2.75) is 62.8 Å². The maximum absolute atomic E-state index is 13.7. The summed E-state index contributed by atoms with van der Waals surface area (Å²) in [6.45, 7) is 3.87. The van der Waals surface area contributed by atoms with Gasteiger partial charge in [0.2, 0.25) is 0 Å². The minimum absolute atomic E-state index is 0.0445. The molecule has 5 atom stereocenters. The molecule has 5 unspecified atom stereocenters. The van der Waals surface area contributed by atoms with Gasteiger partial charge in [0.15, 0.2) is 6.10 Å². The molecule has 1 saturated heterocycles. The lowest BCUT2D eigenvalue weighted by Crippen LogP contribution is -2.53. The minimum atomic E-state index is -4.93. The molecule has 14 heteroatoms. The average molecular weight is 678 g/mol. The summed E-state index contributed by atoms with van der Waals surface area (Å²) in [7, 11) is -1.67. The topological polar surface area (TPSA) is 129 Å². The number of alkyl halides is 3. The van der Waals surface area contributed by atoms with Crippen molar-refractivity contribution in [1.82, 2.24) is 9.62 Å². The fourth-order valence-electron chi connectivity index (χ4n) is 4.97. The van der Waals surface area contributed by atoms with Gasteiger partial charge in [-0.25, -0.2) is 13.3 Å². The first kappa shape index (κ1) is 35.9. The van der Waals surface area contributed by atoms with E-state index in [1.807, 2.05) is 44.2 Å². The number of carbonyl (C=O) groups is 2. The zero-order valence-electron chi connectivity index (χ0n) is 25.9. The van der Waals surface area contributed by atoms with Crippen molar-refractivity contribution < 1.29 is 46.7 Å². The molecule has 3 aromatic rings. The van der Waals surface area contributed by atoms with E-state index in [0.29, 0.717) is 17.0 Å². The molecule has 3 N–H and O–H groups in total. The summed E-state index contributed by atoms with van der Waals surface area (Å²) in [6, 6.07) is 19.7. The molecule has 1 heterocycles. The lowest BCUT2D eigenvalue weighted by Gasteiger charge is -2.31. The largest absolute Gasteiger partial charge is 0.573 e. The van der Waals surface area contributed by atoms with Gasteiger partial charge >= 0.3 is 12.5 Å². The molecule has 0 spiro atoms. The van der Waals surface area contributed by atoms with E-state index < -0.39 is 53.3 Å². The van der Waals surface area contributed by atoms with Crippen LogP contribution in [-0.4, -0.2) is 75.0 Å². The molecule has 1 aliphatic rings. The van der Waals surface area contributed by atoms with E-state index in [-0.39, 0.29) is 37.7 Å². The number of aliphatic hydroxyl groups is 2. The highest BCUT2D eigenvalue weighted by Crippen LogP contribution is 2.29. The van der Waals surface area contributed by atoms with E-state index in [4.69, 9.17) is 4.74 Å². The van der Waals surface area contributed by atoms with Gasteiger partial charge in [-0.3, -0.25) is 9.69 Å². The third kappa shape index (κ3) is 10.3. The monoisotopic (exact) mass is 677 g/mol. The molecule has 254 valence electrons. The molecule has 3 aromatic carbocycles. The molecular weight excluding hydrogens is 639 g/mol. The molecule has 0 aromatic heterocycles. The second-order valence-electron chi connectivity index (χ2n) is 11.3. The first-order valence-corrected chi connectivity index (χ1v) is 16.2. The maximum atomic E-state index is 13.7. The second-order valence-corrected chi connectivity index (χ2v) is 12.8. The quantitative estimate of drug-likeness (QED) is 0.215. The van der Waals surface area contributed by atoms with Crippen LogP contribution >= 0.6 is 0 Å². The fourth-order valence-corrected chi connectivity index (χ4v) is 6.31. The number of hydrogen-bond donors (Lipinski definition) is 3. The van der Waals surface area contributed by atoms with Gasteiger partial charge in [0.05, 0.1) is 35.9 Å². The zero-order chi connectivity index (χ0) is 34.1. The third-order valence-corrected chi connectivity index (χ3v) is 9.15. The van der Waals surface area contributed by atoms with Gasteiger partial charge in [-0.2, -0.15) is 0 Å². The number of rotatable bonds is 15. The second kappa shape index (κ2) is 16.2. The summed E-state index contributed by atoms with van der Waals surface area (Å²) in [5.74, 6) is -1.11. The van der Waals surface area contributed by atoms with E-state index in [0.717, 1.165) is 29.0 Å². The normalized spacial score (nSPS) is 17.6. The highest BCUT2D eigenvalue weighted by molar-refractivity contribution is 7.82. The highest BCUT2D eigenvalue weighted by Gasteiger charge is 2.39. The smallest absolute Gasteiger partial charge is 0.434 e. The third-order valence-electron chi connectivity index (χ3n) is 7.70. The number of hydrogen-bond acceptors (Lipinski definition) is 7. The van der Waals surface area contributed by atoms with Crippen molar-refractivity contribution in [2.24, 2.45) is 5.92 Å². The van der Waals surface area contributed by atoms with E-state index in [2.05, 4.69) is 10.1 Å². The number of nitrogens with one attached hydrogen (secondary N) is 1. The Morgan fingerprint density at radius 3 is 2.43 bits per heavy atom. The van der Waals surface area contributed by atoms with Crippen molar-refractivity contribution in [3.63, 3.8) is 0 Å². The van der Waals surface area contributed by atoms with Crippen LogP contribution in [0.25, 0.3) is 0 Å². The van der Waals surface area contributed by atoms with E-state index in [1.54, 1.807) is 28.6 Å². The van der Waals surface area contributed by atoms with E-state index in [1.165, 1.54) is 12.1 Å². The average Bonchev–Trinajstić information content (AvgIpc) is 3.45. The van der Waals surface area contributed by atoms with Gasteiger partial charge in [0.1, 0.15) is 16.7 Å². The Kier molecular flexibility index (Phi) is 12.4. The Balaban J connectivity index is 1.52. The molecule has 0 saturated carbocycles. The minimum Gasteiger partial charge on any atom is -0.434 e. The number of nitrogens with zero attached hydrogens (tertiary/aromatic N) is 2. The Hall–Kier alpha value is -3.98. The highest BCUT2D eigenvalue weighted by atomic mass is 32.2. The summed E-state index contributed by atoms with van der Waals surface area (Å²) in [4.78, 5) is 27.7. The van der Waals surface area contributed by atoms with Gasteiger partial charge in [-0.1, -0.05) is 68.8 Å². The van der Waals surface area contributed by atoms with Crippen molar-refractivity contribution in [2.75, 3.05) is 24.5 Å². The number of benzene rings is 3. The SMILES string of the molecule is CCC(C)CN(CC(O)C(Cc1ccccc1)NC(=O)C1CN(c2cccc(OC(F)(F)F)c2)C(=O)O1)S(=O)c1ccc(CO)cc1. The number of halogens is 3. The van der Waals surface area contributed by atoms with Crippen LogP contribution in [0.1, 0.15) is 31.4 Å². The lowest BCUT2D eigenvalue weighted by molar-refractivity contribution is -0.274. The van der Waals surface area contributed by atoms with Gasteiger partial charge in [-0.05, 0) is 47.7 Å². The van der Waals surface area contributed by atoms with Crippen LogP contribution in [0.15, 0.2) is 83.8 Å². The molecule has 10 nitrogen and oxygen atoms in total. The molecule has 2 amide bonds. The Morgan fingerprint density at radius 1 is 1.09 bits per heavy atom. The van der Waals surface area contributed by atoms with E-state index >= 15 is 0 Å². The predicted molar refractivity (Wildman–Crippen MR) is 169 cm³/mol. The number of ether oxygens (including phenoxy) is 2. The molecule has 4 rings (SSSR count). The molecule has 0 radical (unpaired) electrons. The number of cyclic esters (lactones) is 1. The van der Waals surface area contributed by atoms with Crippen molar-refractivity contribution in [1.29, 1.82) is 0 Å². The van der Waals surface area contributed by atoms with Crippen LogP contribution in [0.5, 0.6) is 5.75 Å². The predicted octanol–water partition coefficient (Wildman–Crippen LogP) is 4.56. The lowest BCUT2D eigenvalue weighted by atomic mass is 10.0. The maximum Gasteiger partial charge on any atom is 0.573 e. The van der Waals surface area contributed by atoms with Gasteiger partial charge in [0.25, 0.3) is 5.91 Å². The summed E-state index contributed by atoms with van der Waals surface area (Å²) in [5, 5.41) is 23.7. The van der Waals surface area contributed by atoms with Crippen LogP contribution < -0.4 is 15.0 Å². The van der Waals surface area contributed by atoms with Crippen LogP contribution in [0.2, 0.25) is 0 Å². The molecule has 1 aliphatic heterocycles. The first-order valence-electron chi connectivity index (χ1n) is 15.1. The van der Waals surface area contributed by atoms with Gasteiger partial charge < -0.3 is 25.0 Å². The number of anilines is 1. The first-order chi connectivity index (χ1) is 22.4. The number of amides is 2. The van der Waals surface area contributed by atoms with Crippen LogP contribution in [0.3, 0.4) is 0 Å². The Morgan fingerprint density at radius 2 is 1.79 bits per heavy atom. The number of aliphatic hydroxyl groups excluding tert-OH is 2. The molecule has 0 bridgehead atoms. The van der Waals surface area contributed by atoms with Crippen LogP contribution in [-0.2, 0) is 33.5 Å². The summed E-state index contributed by atoms with van der Waals surface area (Å²) < 4.78 is 62.7. The molecule has 0 aliphatic carbocycles. The van der Waals surface area contributed by atoms with Crippen molar-refractivity contribution in [3.05, 3.63) is 90.0 Å². The summed E-state index contributed by atoms with van der Waals surface area (Å²) >= 11 is 0.